The van der Waals surface area contributed by atoms with Gasteiger partial charge < -0.3 is 4.42 Å². The van der Waals surface area contributed by atoms with Crippen LogP contribution in [0.4, 0.5) is 0 Å². The molecule has 0 radical (unpaired) electrons. The van der Waals surface area contributed by atoms with E-state index in [9.17, 15) is 0 Å². The van der Waals surface area contributed by atoms with Crippen molar-refractivity contribution in [1.82, 2.24) is 4.98 Å². The van der Waals surface area contributed by atoms with Crippen LogP contribution in [0.3, 0.4) is 0 Å². The fourth-order valence-electron chi connectivity index (χ4n) is 1.73. The molecule has 2 nitrogen and oxygen atoms in total. The number of fused-ring (bicyclic) bond motifs is 1. The molecular weight excluding hydrogens is 298 g/mol. The number of thiophene rings is 1. The molecule has 0 fully saturated rings. The summed E-state index contributed by atoms with van der Waals surface area (Å²) in [5.41, 5.74) is 1.78. The zero-order valence-corrected chi connectivity index (χ0v) is 11.4. The lowest BCUT2D eigenvalue weighted by Crippen LogP contribution is -1.92. The van der Waals surface area contributed by atoms with E-state index in [-0.39, 0.29) is 4.83 Å². The normalized spacial score (nSPS) is 13.0. The van der Waals surface area contributed by atoms with Gasteiger partial charge in [0.05, 0.1) is 4.83 Å². The van der Waals surface area contributed by atoms with E-state index in [1.165, 1.54) is 4.88 Å². The van der Waals surface area contributed by atoms with Gasteiger partial charge in [-0.1, -0.05) is 34.1 Å². The molecule has 0 saturated carbocycles. The van der Waals surface area contributed by atoms with Crippen LogP contribution in [0.5, 0.6) is 0 Å². The zero-order chi connectivity index (χ0) is 11.7. The molecule has 0 aliphatic carbocycles. The van der Waals surface area contributed by atoms with Gasteiger partial charge in [0.15, 0.2) is 11.5 Å². The molecule has 0 bridgehead atoms. The van der Waals surface area contributed by atoms with Crippen molar-refractivity contribution in [3.05, 3.63) is 52.5 Å². The van der Waals surface area contributed by atoms with Gasteiger partial charge in [0.1, 0.15) is 5.52 Å². The van der Waals surface area contributed by atoms with Crippen molar-refractivity contribution in [3.63, 3.8) is 0 Å². The van der Waals surface area contributed by atoms with E-state index in [0.29, 0.717) is 0 Å². The van der Waals surface area contributed by atoms with Crippen molar-refractivity contribution < 1.29 is 4.42 Å². The Hall–Kier alpha value is -1.13. The molecular formula is C13H10BrNOS. The Morgan fingerprint density at radius 2 is 2.12 bits per heavy atom. The van der Waals surface area contributed by atoms with Crippen molar-refractivity contribution in [1.29, 1.82) is 0 Å². The third kappa shape index (κ3) is 2.28. The summed E-state index contributed by atoms with van der Waals surface area (Å²) in [6.07, 6.45) is 0.773. The molecule has 0 aliphatic rings. The van der Waals surface area contributed by atoms with Crippen LogP contribution in [0.15, 0.2) is 46.2 Å². The van der Waals surface area contributed by atoms with Crippen molar-refractivity contribution in [2.24, 2.45) is 0 Å². The van der Waals surface area contributed by atoms with Crippen LogP contribution in [-0.4, -0.2) is 4.98 Å². The molecule has 0 N–H and O–H groups in total. The topological polar surface area (TPSA) is 26.0 Å². The van der Waals surface area contributed by atoms with E-state index in [2.05, 4.69) is 38.4 Å². The van der Waals surface area contributed by atoms with E-state index in [1.807, 2.05) is 24.3 Å². The number of alkyl halides is 1. The molecule has 3 rings (SSSR count). The Morgan fingerprint density at radius 1 is 1.24 bits per heavy atom. The number of hydrogen-bond acceptors (Lipinski definition) is 3. The Bertz CT molecular complexity index is 584. The highest BCUT2D eigenvalue weighted by molar-refractivity contribution is 9.09. The molecule has 1 unspecified atom stereocenters. The average Bonchev–Trinajstić information content (AvgIpc) is 2.97. The maximum absolute atomic E-state index is 5.70. The second-order valence-electron chi connectivity index (χ2n) is 3.76. The van der Waals surface area contributed by atoms with Crippen LogP contribution in [0.1, 0.15) is 15.6 Å². The average molecular weight is 308 g/mol. The number of rotatable bonds is 3. The Labute approximate surface area is 111 Å². The summed E-state index contributed by atoms with van der Waals surface area (Å²) in [7, 11) is 0. The number of para-hydroxylation sites is 2. The van der Waals surface area contributed by atoms with Gasteiger partial charge in [-0.2, -0.15) is 0 Å². The van der Waals surface area contributed by atoms with E-state index in [0.717, 1.165) is 23.4 Å². The van der Waals surface area contributed by atoms with Crippen LogP contribution in [-0.2, 0) is 6.42 Å². The van der Waals surface area contributed by atoms with Crippen LogP contribution >= 0.6 is 27.3 Å². The van der Waals surface area contributed by atoms with Gasteiger partial charge in [-0.25, -0.2) is 4.98 Å². The Morgan fingerprint density at radius 3 is 2.88 bits per heavy atom. The molecule has 1 aromatic carbocycles. The summed E-state index contributed by atoms with van der Waals surface area (Å²) in [4.78, 5) is 6.04. The fraction of sp³-hybridized carbons (Fsp3) is 0.154. The number of hydrogen-bond donors (Lipinski definition) is 0. The van der Waals surface area contributed by atoms with Gasteiger partial charge >= 0.3 is 0 Å². The molecule has 0 spiro atoms. The molecule has 2 heterocycles. The molecule has 3 aromatic rings. The van der Waals surface area contributed by atoms with Crippen LogP contribution in [0, 0.1) is 0 Å². The second-order valence-corrected chi connectivity index (χ2v) is 5.85. The maximum Gasteiger partial charge on any atom is 0.196 e. The minimum atomic E-state index is 0.274. The second kappa shape index (κ2) is 4.63. The number of nitrogens with zero attached hydrogens (tertiary/aromatic N) is 1. The van der Waals surface area contributed by atoms with Gasteiger partial charge in [-0.05, 0) is 23.6 Å². The maximum atomic E-state index is 5.70. The van der Waals surface area contributed by atoms with E-state index < -0.39 is 0 Å². The minimum Gasteiger partial charge on any atom is -0.441 e. The fourth-order valence-corrected chi connectivity index (χ4v) is 3.19. The molecule has 0 aliphatic heterocycles. The Balaban J connectivity index is 1.85. The Kier molecular flexibility index (Phi) is 2.99. The first kappa shape index (κ1) is 11.0. The summed E-state index contributed by atoms with van der Waals surface area (Å²) in [5, 5.41) is 2.08. The van der Waals surface area contributed by atoms with Crippen LogP contribution in [0.2, 0.25) is 0 Å². The van der Waals surface area contributed by atoms with Gasteiger partial charge in [0.2, 0.25) is 0 Å². The molecule has 4 heteroatoms. The number of oxazole rings is 1. The SMILES string of the molecule is BrC(Cc1nc2ccccc2o1)c1cccs1. The number of halogens is 1. The molecule has 0 saturated heterocycles. The van der Waals surface area contributed by atoms with E-state index >= 15 is 0 Å². The van der Waals surface area contributed by atoms with Gasteiger partial charge in [-0.3, -0.25) is 0 Å². The minimum absolute atomic E-state index is 0.274. The van der Waals surface area contributed by atoms with E-state index in [4.69, 9.17) is 4.42 Å². The first-order valence-corrected chi connectivity index (χ1v) is 7.14. The highest BCUT2D eigenvalue weighted by atomic mass is 79.9. The molecule has 0 amide bonds. The van der Waals surface area contributed by atoms with Crippen LogP contribution in [0.25, 0.3) is 11.1 Å². The monoisotopic (exact) mass is 307 g/mol. The lowest BCUT2D eigenvalue weighted by atomic mass is 10.2. The van der Waals surface area contributed by atoms with Crippen molar-refractivity contribution >= 4 is 38.4 Å². The molecule has 1 atom stereocenters. The van der Waals surface area contributed by atoms with Crippen molar-refractivity contribution in [3.8, 4) is 0 Å². The third-order valence-electron chi connectivity index (χ3n) is 2.54. The lowest BCUT2D eigenvalue weighted by Gasteiger charge is -2.03. The van der Waals surface area contributed by atoms with E-state index in [1.54, 1.807) is 11.3 Å². The first-order chi connectivity index (χ1) is 8.33. The third-order valence-corrected chi connectivity index (χ3v) is 4.65. The van der Waals surface area contributed by atoms with Crippen molar-refractivity contribution in [2.45, 2.75) is 11.2 Å². The number of benzene rings is 1. The lowest BCUT2D eigenvalue weighted by molar-refractivity contribution is 0.528. The molecule has 86 valence electrons. The predicted molar refractivity (Wildman–Crippen MR) is 73.7 cm³/mol. The summed E-state index contributed by atoms with van der Waals surface area (Å²) < 4.78 is 5.70. The smallest absolute Gasteiger partial charge is 0.196 e. The largest absolute Gasteiger partial charge is 0.441 e. The summed E-state index contributed by atoms with van der Waals surface area (Å²) in [6.45, 7) is 0. The quantitative estimate of drug-likeness (QED) is 0.663. The highest BCUT2D eigenvalue weighted by Gasteiger charge is 2.13. The standard InChI is InChI=1S/C13H10BrNOS/c14-9(12-6-3-7-17-12)8-13-15-10-4-1-2-5-11(10)16-13/h1-7,9H,8H2. The van der Waals surface area contributed by atoms with Gasteiger partial charge in [0, 0.05) is 11.3 Å². The van der Waals surface area contributed by atoms with Gasteiger partial charge in [-0.15, -0.1) is 11.3 Å². The molecule has 17 heavy (non-hydrogen) atoms. The predicted octanol–water partition coefficient (Wildman–Crippen LogP) is 4.57. The number of aromatic nitrogens is 1. The van der Waals surface area contributed by atoms with Crippen molar-refractivity contribution in [2.75, 3.05) is 0 Å². The van der Waals surface area contributed by atoms with Crippen LogP contribution < -0.4 is 0 Å². The summed E-state index contributed by atoms with van der Waals surface area (Å²) >= 11 is 5.41. The summed E-state index contributed by atoms with van der Waals surface area (Å²) in [6, 6.07) is 12.0. The molecule has 2 aromatic heterocycles. The zero-order valence-electron chi connectivity index (χ0n) is 8.97. The highest BCUT2D eigenvalue weighted by Crippen LogP contribution is 2.30. The first-order valence-electron chi connectivity index (χ1n) is 5.35. The van der Waals surface area contributed by atoms with Gasteiger partial charge in [0.25, 0.3) is 0 Å². The summed E-state index contributed by atoms with van der Waals surface area (Å²) in [5.74, 6) is 0.779.